The summed E-state index contributed by atoms with van der Waals surface area (Å²) in [7, 11) is 0. The zero-order valence-electron chi connectivity index (χ0n) is 8.65. The molecule has 0 atom stereocenters. The van der Waals surface area contributed by atoms with Crippen molar-refractivity contribution >= 4 is 34.2 Å². The Hall–Kier alpha value is -1.25. The highest BCUT2D eigenvalue weighted by Crippen LogP contribution is 2.31. The maximum absolute atomic E-state index is 9.03. The molecule has 0 radical (unpaired) electrons. The minimum absolute atomic E-state index is 0.355. The summed E-state index contributed by atoms with van der Waals surface area (Å²) < 4.78 is 6.68. The number of hydrogen-bond donors (Lipinski definition) is 0. The number of para-hydroxylation sites is 1. The van der Waals surface area contributed by atoms with E-state index in [0.717, 1.165) is 3.57 Å². The molecule has 0 spiro atoms. The quantitative estimate of drug-likeness (QED) is 0.737. The third-order valence-electron chi connectivity index (χ3n) is 2.14. The van der Waals surface area contributed by atoms with E-state index >= 15 is 0 Å². The van der Waals surface area contributed by atoms with Crippen LogP contribution in [0.1, 0.15) is 5.56 Å². The van der Waals surface area contributed by atoms with Crippen molar-refractivity contribution in [1.29, 1.82) is 5.26 Å². The van der Waals surface area contributed by atoms with Crippen LogP contribution in [0.3, 0.4) is 0 Å². The van der Waals surface area contributed by atoms with Crippen molar-refractivity contribution in [2.24, 2.45) is 0 Å². The zero-order chi connectivity index (χ0) is 12.3. The van der Waals surface area contributed by atoms with Gasteiger partial charge in [0.2, 0.25) is 0 Å². The standard InChI is InChI=1S/C13H7ClINO/c14-10-4-3-7-12(9(10)8-16)17-13-6-2-1-5-11(13)15/h1-7H. The van der Waals surface area contributed by atoms with E-state index in [9.17, 15) is 0 Å². The first-order valence-corrected chi connectivity index (χ1v) is 6.29. The van der Waals surface area contributed by atoms with Crippen molar-refractivity contribution in [1.82, 2.24) is 0 Å². The largest absolute Gasteiger partial charge is 0.455 e. The minimum atomic E-state index is 0.355. The molecule has 0 N–H and O–H groups in total. The van der Waals surface area contributed by atoms with Crippen LogP contribution in [0.2, 0.25) is 5.02 Å². The van der Waals surface area contributed by atoms with E-state index < -0.39 is 0 Å². The van der Waals surface area contributed by atoms with Crippen molar-refractivity contribution in [2.45, 2.75) is 0 Å². The van der Waals surface area contributed by atoms with Crippen LogP contribution in [0.4, 0.5) is 0 Å². The SMILES string of the molecule is N#Cc1c(Cl)cccc1Oc1ccccc1I. The van der Waals surface area contributed by atoms with Crippen molar-refractivity contribution < 1.29 is 4.74 Å². The van der Waals surface area contributed by atoms with Crippen LogP contribution in [0.5, 0.6) is 11.5 Å². The summed E-state index contributed by atoms with van der Waals surface area (Å²) in [6.45, 7) is 0. The molecule has 2 aromatic rings. The number of halogens is 2. The zero-order valence-corrected chi connectivity index (χ0v) is 11.6. The molecule has 2 nitrogen and oxygen atoms in total. The van der Waals surface area contributed by atoms with Crippen LogP contribution in [0, 0.1) is 14.9 Å². The molecular weight excluding hydrogens is 349 g/mol. The van der Waals surface area contributed by atoms with Crippen molar-refractivity contribution in [2.75, 3.05) is 0 Å². The molecule has 0 heterocycles. The average Bonchev–Trinajstić information content (AvgIpc) is 2.32. The number of nitrogens with zero attached hydrogens (tertiary/aromatic N) is 1. The van der Waals surface area contributed by atoms with Gasteiger partial charge in [0.15, 0.2) is 0 Å². The fourth-order valence-electron chi connectivity index (χ4n) is 1.34. The number of nitriles is 1. The summed E-state index contributed by atoms with van der Waals surface area (Å²) in [6.07, 6.45) is 0. The van der Waals surface area contributed by atoms with Gasteiger partial charge in [0.05, 0.1) is 8.59 Å². The summed E-state index contributed by atoms with van der Waals surface area (Å²) in [5.41, 5.74) is 0.355. The fourth-order valence-corrected chi connectivity index (χ4v) is 2.05. The number of ether oxygens (including phenoxy) is 1. The second-order valence-corrected chi connectivity index (χ2v) is 4.83. The first-order valence-electron chi connectivity index (χ1n) is 4.83. The van der Waals surface area contributed by atoms with Crippen LogP contribution < -0.4 is 4.74 Å². The number of hydrogen-bond acceptors (Lipinski definition) is 2. The van der Waals surface area contributed by atoms with Gasteiger partial charge in [-0.05, 0) is 46.9 Å². The summed E-state index contributed by atoms with van der Waals surface area (Å²) in [4.78, 5) is 0. The Labute approximate surface area is 118 Å². The lowest BCUT2D eigenvalue weighted by Crippen LogP contribution is -1.90. The second-order valence-electron chi connectivity index (χ2n) is 3.26. The predicted molar refractivity (Wildman–Crippen MR) is 75.4 cm³/mol. The Morgan fingerprint density at radius 1 is 1.06 bits per heavy atom. The van der Waals surface area contributed by atoms with E-state index in [-0.39, 0.29) is 0 Å². The van der Waals surface area contributed by atoms with Crippen LogP contribution in [0.25, 0.3) is 0 Å². The lowest BCUT2D eigenvalue weighted by atomic mass is 10.2. The average molecular weight is 356 g/mol. The van der Waals surface area contributed by atoms with E-state index in [2.05, 4.69) is 22.6 Å². The molecule has 2 aromatic carbocycles. The van der Waals surface area contributed by atoms with E-state index in [4.69, 9.17) is 21.6 Å². The lowest BCUT2D eigenvalue weighted by Gasteiger charge is -2.09. The maximum Gasteiger partial charge on any atom is 0.146 e. The second kappa shape index (κ2) is 5.39. The lowest BCUT2D eigenvalue weighted by molar-refractivity contribution is 0.478. The Kier molecular flexibility index (Phi) is 3.87. The fraction of sp³-hybridized carbons (Fsp3) is 0. The summed E-state index contributed by atoms with van der Waals surface area (Å²) >= 11 is 8.11. The summed E-state index contributed by atoms with van der Waals surface area (Å²) in [5.74, 6) is 1.19. The Morgan fingerprint density at radius 2 is 1.76 bits per heavy atom. The van der Waals surface area contributed by atoms with Gasteiger partial charge in [0, 0.05) is 0 Å². The normalized spacial score (nSPS) is 9.71. The molecule has 0 saturated heterocycles. The third kappa shape index (κ3) is 2.71. The minimum Gasteiger partial charge on any atom is -0.455 e. The predicted octanol–water partition coefficient (Wildman–Crippen LogP) is 4.61. The van der Waals surface area contributed by atoms with Gasteiger partial charge in [0.1, 0.15) is 23.1 Å². The monoisotopic (exact) mass is 355 g/mol. The van der Waals surface area contributed by atoms with Gasteiger partial charge in [-0.2, -0.15) is 5.26 Å². The molecule has 84 valence electrons. The molecule has 0 amide bonds. The molecule has 0 saturated carbocycles. The molecule has 4 heteroatoms. The molecule has 0 aliphatic carbocycles. The molecular formula is C13H7ClINO. The van der Waals surface area contributed by atoms with Crippen molar-refractivity contribution in [3.8, 4) is 17.6 Å². The molecule has 0 bridgehead atoms. The third-order valence-corrected chi connectivity index (χ3v) is 3.35. The van der Waals surface area contributed by atoms with E-state index in [1.54, 1.807) is 18.2 Å². The highest BCUT2D eigenvalue weighted by Gasteiger charge is 2.09. The summed E-state index contributed by atoms with van der Waals surface area (Å²) in [5, 5.41) is 9.43. The van der Waals surface area contributed by atoms with Crippen molar-refractivity contribution in [3.05, 3.63) is 56.6 Å². The maximum atomic E-state index is 9.03. The number of rotatable bonds is 2. The molecule has 17 heavy (non-hydrogen) atoms. The van der Waals surface area contributed by atoms with Gasteiger partial charge in [-0.25, -0.2) is 0 Å². The molecule has 0 unspecified atom stereocenters. The van der Waals surface area contributed by atoms with E-state index in [1.807, 2.05) is 30.3 Å². The Morgan fingerprint density at radius 3 is 2.47 bits per heavy atom. The van der Waals surface area contributed by atoms with Gasteiger partial charge in [-0.1, -0.05) is 29.8 Å². The molecule has 0 aliphatic heterocycles. The smallest absolute Gasteiger partial charge is 0.146 e. The van der Waals surface area contributed by atoms with Gasteiger partial charge < -0.3 is 4.74 Å². The topological polar surface area (TPSA) is 33.0 Å². The highest BCUT2D eigenvalue weighted by atomic mass is 127. The number of benzene rings is 2. The van der Waals surface area contributed by atoms with Crippen LogP contribution in [-0.4, -0.2) is 0 Å². The van der Waals surface area contributed by atoms with Crippen LogP contribution >= 0.6 is 34.2 Å². The van der Waals surface area contributed by atoms with Crippen LogP contribution in [-0.2, 0) is 0 Å². The Bertz CT molecular complexity index is 592. The first kappa shape index (κ1) is 12.2. The van der Waals surface area contributed by atoms with E-state index in [0.29, 0.717) is 22.1 Å². The molecule has 0 aromatic heterocycles. The van der Waals surface area contributed by atoms with Gasteiger partial charge >= 0.3 is 0 Å². The van der Waals surface area contributed by atoms with Crippen LogP contribution in [0.15, 0.2) is 42.5 Å². The highest BCUT2D eigenvalue weighted by molar-refractivity contribution is 14.1. The van der Waals surface area contributed by atoms with Gasteiger partial charge in [0.25, 0.3) is 0 Å². The van der Waals surface area contributed by atoms with Crippen molar-refractivity contribution in [3.63, 3.8) is 0 Å². The van der Waals surface area contributed by atoms with E-state index in [1.165, 1.54) is 0 Å². The first-order chi connectivity index (χ1) is 8.22. The van der Waals surface area contributed by atoms with Gasteiger partial charge in [-0.15, -0.1) is 0 Å². The Balaban J connectivity index is 2.41. The molecule has 0 aliphatic rings. The summed E-state index contributed by atoms with van der Waals surface area (Å²) in [6, 6.07) is 14.8. The van der Waals surface area contributed by atoms with Gasteiger partial charge in [-0.3, -0.25) is 0 Å². The molecule has 0 fully saturated rings. The molecule has 2 rings (SSSR count).